The quantitative estimate of drug-likeness (QED) is 0.882. The van der Waals surface area contributed by atoms with Crippen molar-refractivity contribution in [3.63, 3.8) is 0 Å². The van der Waals surface area contributed by atoms with Crippen molar-refractivity contribution in [1.29, 1.82) is 0 Å². The van der Waals surface area contributed by atoms with Crippen LogP contribution in [0.1, 0.15) is 43.6 Å². The molecular formula is C17H23N3O. The molecule has 4 nitrogen and oxygen atoms in total. The van der Waals surface area contributed by atoms with Crippen LogP contribution in [0, 0.1) is 13.8 Å². The minimum absolute atomic E-state index is 0.516. The van der Waals surface area contributed by atoms with Crippen molar-refractivity contribution < 1.29 is 4.74 Å². The highest BCUT2D eigenvalue weighted by atomic mass is 16.5. The molecule has 0 aliphatic rings. The maximum absolute atomic E-state index is 5.92. The molecule has 0 fully saturated rings. The zero-order valence-corrected chi connectivity index (χ0v) is 13.4. The molecule has 0 amide bonds. The highest BCUT2D eigenvalue weighted by Crippen LogP contribution is 2.28. The van der Waals surface area contributed by atoms with E-state index in [1.54, 1.807) is 0 Å². The number of ether oxygens (including phenoxy) is 1. The van der Waals surface area contributed by atoms with Gasteiger partial charge in [-0.15, -0.1) is 0 Å². The van der Waals surface area contributed by atoms with Gasteiger partial charge in [-0.25, -0.2) is 4.98 Å². The first-order valence-corrected chi connectivity index (χ1v) is 7.38. The van der Waals surface area contributed by atoms with Gasteiger partial charge in [0.2, 0.25) is 5.88 Å². The number of hydrogen-bond acceptors (Lipinski definition) is 4. The van der Waals surface area contributed by atoms with Gasteiger partial charge in [0.05, 0.1) is 5.56 Å². The number of anilines is 1. The van der Waals surface area contributed by atoms with Gasteiger partial charge in [0, 0.05) is 6.54 Å². The summed E-state index contributed by atoms with van der Waals surface area (Å²) in [5, 5.41) is 3.24. The van der Waals surface area contributed by atoms with E-state index in [2.05, 4.69) is 41.3 Å². The van der Waals surface area contributed by atoms with E-state index in [1.165, 1.54) is 5.56 Å². The standard InChI is InChI=1S/C17H23N3O/c1-6-18-16-12(4)17(20-13(5)19-16)21-15-9-7-14(8-10-15)11(2)3/h7-11H,6H2,1-5H3,(H,18,19,20). The van der Waals surface area contributed by atoms with Gasteiger partial charge >= 0.3 is 0 Å². The number of rotatable bonds is 5. The van der Waals surface area contributed by atoms with Crippen LogP contribution < -0.4 is 10.1 Å². The maximum atomic E-state index is 5.92. The van der Waals surface area contributed by atoms with E-state index in [0.29, 0.717) is 17.6 Å². The molecule has 1 aromatic heterocycles. The number of aromatic nitrogens is 2. The lowest BCUT2D eigenvalue weighted by Crippen LogP contribution is -2.06. The Morgan fingerprint density at radius 1 is 1.10 bits per heavy atom. The summed E-state index contributed by atoms with van der Waals surface area (Å²) in [5.41, 5.74) is 2.22. The molecule has 2 aromatic rings. The molecule has 0 saturated carbocycles. The van der Waals surface area contributed by atoms with Crippen LogP contribution in [0.15, 0.2) is 24.3 Å². The Labute approximate surface area is 126 Å². The predicted octanol–water partition coefficient (Wildman–Crippen LogP) is 4.44. The van der Waals surface area contributed by atoms with E-state index in [-0.39, 0.29) is 0 Å². The number of nitrogens with zero attached hydrogens (tertiary/aromatic N) is 2. The van der Waals surface area contributed by atoms with E-state index in [1.807, 2.05) is 32.9 Å². The zero-order chi connectivity index (χ0) is 15.4. The molecule has 0 aliphatic heterocycles. The monoisotopic (exact) mass is 285 g/mol. The molecule has 4 heteroatoms. The van der Waals surface area contributed by atoms with Crippen molar-refractivity contribution in [2.45, 2.75) is 40.5 Å². The molecule has 0 radical (unpaired) electrons. The van der Waals surface area contributed by atoms with Gasteiger partial charge in [-0.2, -0.15) is 4.98 Å². The summed E-state index contributed by atoms with van der Waals surface area (Å²) in [6.45, 7) is 11.1. The normalized spacial score (nSPS) is 10.8. The number of aryl methyl sites for hydroxylation is 1. The lowest BCUT2D eigenvalue weighted by atomic mass is 10.0. The van der Waals surface area contributed by atoms with Gasteiger partial charge in [0.1, 0.15) is 17.4 Å². The van der Waals surface area contributed by atoms with Crippen LogP contribution in [-0.2, 0) is 0 Å². The molecule has 1 aromatic carbocycles. The van der Waals surface area contributed by atoms with Crippen LogP contribution >= 0.6 is 0 Å². The molecule has 0 saturated heterocycles. The summed E-state index contributed by atoms with van der Waals surface area (Å²) in [5.74, 6) is 3.45. The fraction of sp³-hybridized carbons (Fsp3) is 0.412. The molecule has 2 rings (SSSR count). The third-order valence-corrected chi connectivity index (χ3v) is 3.32. The van der Waals surface area contributed by atoms with Crippen LogP contribution in [0.5, 0.6) is 11.6 Å². The SMILES string of the molecule is CCNc1nc(C)nc(Oc2ccc(C(C)C)cc2)c1C. The molecule has 0 atom stereocenters. The molecular weight excluding hydrogens is 262 g/mol. The van der Waals surface area contributed by atoms with E-state index in [9.17, 15) is 0 Å². The molecule has 0 aliphatic carbocycles. The maximum Gasteiger partial charge on any atom is 0.227 e. The summed E-state index contributed by atoms with van der Waals surface area (Å²) < 4.78 is 5.92. The van der Waals surface area contributed by atoms with Crippen LogP contribution in [0.25, 0.3) is 0 Å². The first-order chi connectivity index (χ1) is 10.0. The summed E-state index contributed by atoms with van der Waals surface area (Å²) in [7, 11) is 0. The molecule has 1 N–H and O–H groups in total. The van der Waals surface area contributed by atoms with Crippen LogP contribution in [0.3, 0.4) is 0 Å². The van der Waals surface area contributed by atoms with E-state index in [0.717, 1.165) is 23.7 Å². The van der Waals surface area contributed by atoms with Crippen LogP contribution in [0.4, 0.5) is 5.82 Å². The van der Waals surface area contributed by atoms with E-state index >= 15 is 0 Å². The summed E-state index contributed by atoms with van der Waals surface area (Å²) in [6.07, 6.45) is 0. The predicted molar refractivity (Wildman–Crippen MR) is 86.3 cm³/mol. The molecule has 0 unspecified atom stereocenters. The smallest absolute Gasteiger partial charge is 0.227 e. The van der Waals surface area contributed by atoms with Crippen molar-refractivity contribution in [3.05, 3.63) is 41.2 Å². The Morgan fingerprint density at radius 3 is 2.33 bits per heavy atom. The first-order valence-electron chi connectivity index (χ1n) is 7.38. The van der Waals surface area contributed by atoms with Crippen molar-refractivity contribution in [1.82, 2.24) is 9.97 Å². The largest absolute Gasteiger partial charge is 0.439 e. The molecule has 112 valence electrons. The Hall–Kier alpha value is -2.10. The van der Waals surface area contributed by atoms with Gasteiger partial charge in [-0.1, -0.05) is 26.0 Å². The Balaban J connectivity index is 2.26. The number of nitrogens with one attached hydrogen (secondary N) is 1. The summed E-state index contributed by atoms with van der Waals surface area (Å²) >= 11 is 0. The van der Waals surface area contributed by atoms with E-state index < -0.39 is 0 Å². The third-order valence-electron chi connectivity index (χ3n) is 3.32. The van der Waals surface area contributed by atoms with Gasteiger partial charge in [0.15, 0.2) is 0 Å². The Kier molecular flexibility index (Phi) is 4.78. The van der Waals surface area contributed by atoms with E-state index in [4.69, 9.17) is 4.74 Å². The lowest BCUT2D eigenvalue weighted by Gasteiger charge is -2.13. The molecule has 0 bridgehead atoms. The second-order valence-electron chi connectivity index (χ2n) is 5.41. The summed E-state index contributed by atoms with van der Waals surface area (Å²) in [4.78, 5) is 8.79. The first kappa shape index (κ1) is 15.3. The van der Waals surface area contributed by atoms with Gasteiger partial charge < -0.3 is 10.1 Å². The second kappa shape index (κ2) is 6.57. The van der Waals surface area contributed by atoms with Crippen LogP contribution in [0.2, 0.25) is 0 Å². The number of hydrogen-bond donors (Lipinski definition) is 1. The fourth-order valence-electron chi connectivity index (χ4n) is 2.07. The Morgan fingerprint density at radius 2 is 1.76 bits per heavy atom. The van der Waals surface area contributed by atoms with Gasteiger partial charge in [-0.05, 0) is 44.4 Å². The Bertz CT molecular complexity index is 606. The van der Waals surface area contributed by atoms with Crippen molar-refractivity contribution >= 4 is 5.82 Å². The van der Waals surface area contributed by atoms with Crippen molar-refractivity contribution in [2.24, 2.45) is 0 Å². The third kappa shape index (κ3) is 3.72. The average Bonchev–Trinajstić information content (AvgIpc) is 2.44. The topological polar surface area (TPSA) is 47.0 Å². The minimum Gasteiger partial charge on any atom is -0.439 e. The highest BCUT2D eigenvalue weighted by Gasteiger charge is 2.11. The molecule has 1 heterocycles. The van der Waals surface area contributed by atoms with Crippen molar-refractivity contribution in [2.75, 3.05) is 11.9 Å². The zero-order valence-electron chi connectivity index (χ0n) is 13.4. The van der Waals surface area contributed by atoms with Gasteiger partial charge in [0.25, 0.3) is 0 Å². The second-order valence-corrected chi connectivity index (χ2v) is 5.41. The van der Waals surface area contributed by atoms with Crippen LogP contribution in [-0.4, -0.2) is 16.5 Å². The molecule has 21 heavy (non-hydrogen) atoms. The number of benzene rings is 1. The summed E-state index contributed by atoms with van der Waals surface area (Å²) in [6, 6.07) is 8.15. The lowest BCUT2D eigenvalue weighted by molar-refractivity contribution is 0.456. The van der Waals surface area contributed by atoms with Gasteiger partial charge in [-0.3, -0.25) is 0 Å². The average molecular weight is 285 g/mol. The minimum atomic E-state index is 0.516. The van der Waals surface area contributed by atoms with Crippen molar-refractivity contribution in [3.8, 4) is 11.6 Å². The highest BCUT2D eigenvalue weighted by molar-refractivity contribution is 5.49. The molecule has 0 spiro atoms. The fourth-order valence-corrected chi connectivity index (χ4v) is 2.07.